The van der Waals surface area contributed by atoms with Crippen LogP contribution < -0.4 is 9.64 Å². The number of benzene rings is 3. The van der Waals surface area contributed by atoms with E-state index in [0.29, 0.717) is 19.5 Å². The molecule has 1 amide bonds. The SMILES string of the molecule is CCc1ccc(N2C[C@H](c3nc4ccccc4n3C[C@@H](O)COc3ccccc3)CC2=O)cc1. The molecule has 0 radical (unpaired) electrons. The molecule has 6 nitrogen and oxygen atoms in total. The zero-order valence-corrected chi connectivity index (χ0v) is 19.3. The Morgan fingerprint density at radius 3 is 2.53 bits per heavy atom. The second-order valence-corrected chi connectivity index (χ2v) is 8.77. The Balaban J connectivity index is 1.37. The van der Waals surface area contributed by atoms with E-state index in [1.165, 1.54) is 5.56 Å². The lowest BCUT2D eigenvalue weighted by atomic mass is 10.1. The highest BCUT2D eigenvalue weighted by Crippen LogP contribution is 2.33. The molecule has 174 valence electrons. The normalized spacial score (nSPS) is 16.8. The van der Waals surface area contributed by atoms with Gasteiger partial charge in [0, 0.05) is 24.6 Å². The molecule has 0 spiro atoms. The first-order valence-corrected chi connectivity index (χ1v) is 11.8. The largest absolute Gasteiger partial charge is 0.491 e. The maximum absolute atomic E-state index is 12.9. The minimum Gasteiger partial charge on any atom is -0.491 e. The summed E-state index contributed by atoms with van der Waals surface area (Å²) in [5.41, 5.74) is 3.99. The molecule has 1 aromatic heterocycles. The Labute approximate surface area is 199 Å². The van der Waals surface area contributed by atoms with E-state index in [2.05, 4.69) is 23.6 Å². The molecule has 3 aromatic carbocycles. The molecule has 34 heavy (non-hydrogen) atoms. The van der Waals surface area contributed by atoms with Crippen LogP contribution in [0.3, 0.4) is 0 Å². The second-order valence-electron chi connectivity index (χ2n) is 8.77. The maximum Gasteiger partial charge on any atom is 0.227 e. The van der Waals surface area contributed by atoms with E-state index < -0.39 is 6.10 Å². The zero-order chi connectivity index (χ0) is 23.5. The number of carbonyl (C=O) groups excluding carboxylic acids is 1. The average molecular weight is 456 g/mol. The molecule has 6 heteroatoms. The number of aromatic nitrogens is 2. The molecule has 1 aliphatic heterocycles. The first-order chi connectivity index (χ1) is 16.6. The standard InChI is InChI=1S/C28H29N3O3/c1-2-20-12-14-22(15-13-20)30-17-21(16-27(30)33)28-29-25-10-6-7-11-26(25)31(28)18-23(32)19-34-24-8-4-3-5-9-24/h3-15,21,23,32H,2,16-19H2,1H3/t21-,23-/m1/s1. The van der Waals surface area contributed by atoms with Gasteiger partial charge >= 0.3 is 0 Å². The van der Waals surface area contributed by atoms with Crippen molar-refractivity contribution >= 4 is 22.6 Å². The fraction of sp³-hybridized carbons (Fsp3) is 0.286. The molecular weight excluding hydrogens is 426 g/mol. The highest BCUT2D eigenvalue weighted by Gasteiger charge is 2.35. The predicted molar refractivity (Wildman–Crippen MR) is 133 cm³/mol. The van der Waals surface area contributed by atoms with Gasteiger partial charge in [-0.15, -0.1) is 0 Å². The Morgan fingerprint density at radius 2 is 1.76 bits per heavy atom. The molecule has 2 heterocycles. The summed E-state index contributed by atoms with van der Waals surface area (Å²) in [6.07, 6.45) is 0.651. The van der Waals surface area contributed by atoms with Crippen molar-refractivity contribution in [1.29, 1.82) is 0 Å². The summed E-state index contributed by atoms with van der Waals surface area (Å²) >= 11 is 0. The van der Waals surface area contributed by atoms with Crippen molar-refractivity contribution in [2.45, 2.75) is 38.3 Å². The van der Waals surface area contributed by atoms with Gasteiger partial charge in [0.25, 0.3) is 0 Å². The van der Waals surface area contributed by atoms with Crippen LogP contribution in [0.4, 0.5) is 5.69 Å². The number of hydrogen-bond donors (Lipinski definition) is 1. The number of amides is 1. The van der Waals surface area contributed by atoms with Crippen LogP contribution in [0, 0.1) is 0 Å². The fourth-order valence-electron chi connectivity index (χ4n) is 4.61. The van der Waals surface area contributed by atoms with Crippen molar-refractivity contribution < 1.29 is 14.6 Å². The molecule has 0 aliphatic carbocycles. The Hall–Kier alpha value is -3.64. The second kappa shape index (κ2) is 9.69. The molecule has 1 fully saturated rings. The van der Waals surface area contributed by atoms with Crippen LogP contribution in [-0.2, 0) is 17.8 Å². The number of aryl methyl sites for hydroxylation is 1. The lowest BCUT2D eigenvalue weighted by Crippen LogP contribution is -2.26. The van der Waals surface area contributed by atoms with Gasteiger partial charge in [-0.1, -0.05) is 49.4 Å². The molecule has 1 saturated heterocycles. The first kappa shape index (κ1) is 22.2. The third kappa shape index (κ3) is 4.54. The van der Waals surface area contributed by atoms with Crippen molar-refractivity contribution in [3.63, 3.8) is 0 Å². The minimum absolute atomic E-state index is 0.0482. The number of rotatable bonds is 8. The summed E-state index contributed by atoms with van der Waals surface area (Å²) in [4.78, 5) is 19.7. The van der Waals surface area contributed by atoms with Crippen LogP contribution in [0.2, 0.25) is 0 Å². The fourth-order valence-corrected chi connectivity index (χ4v) is 4.61. The van der Waals surface area contributed by atoms with Crippen molar-refractivity contribution in [2.24, 2.45) is 0 Å². The third-order valence-electron chi connectivity index (χ3n) is 6.41. The molecular formula is C28H29N3O3. The van der Waals surface area contributed by atoms with E-state index in [4.69, 9.17) is 9.72 Å². The Bertz CT molecular complexity index is 1270. The summed E-state index contributed by atoms with van der Waals surface area (Å²) in [7, 11) is 0. The summed E-state index contributed by atoms with van der Waals surface area (Å²) in [5.74, 6) is 1.61. The minimum atomic E-state index is -0.716. The van der Waals surface area contributed by atoms with E-state index in [1.807, 2.05) is 71.6 Å². The molecule has 0 unspecified atom stereocenters. The lowest BCUT2D eigenvalue weighted by molar-refractivity contribution is -0.117. The highest BCUT2D eigenvalue weighted by molar-refractivity contribution is 5.96. The first-order valence-electron chi connectivity index (χ1n) is 11.8. The van der Waals surface area contributed by atoms with E-state index >= 15 is 0 Å². The smallest absolute Gasteiger partial charge is 0.227 e. The number of para-hydroxylation sites is 3. The quantitative estimate of drug-likeness (QED) is 0.423. The highest BCUT2D eigenvalue weighted by atomic mass is 16.5. The third-order valence-corrected chi connectivity index (χ3v) is 6.41. The molecule has 2 atom stereocenters. The number of anilines is 1. The maximum atomic E-state index is 12.9. The van der Waals surface area contributed by atoms with Crippen LogP contribution in [0.15, 0.2) is 78.9 Å². The molecule has 0 saturated carbocycles. The molecule has 1 aliphatic rings. The summed E-state index contributed by atoms with van der Waals surface area (Å²) < 4.78 is 7.81. The number of ether oxygens (including phenoxy) is 1. The van der Waals surface area contributed by atoms with Crippen molar-refractivity contribution in [3.05, 3.63) is 90.3 Å². The molecule has 0 bridgehead atoms. The van der Waals surface area contributed by atoms with Crippen LogP contribution in [0.1, 0.15) is 30.7 Å². The van der Waals surface area contributed by atoms with Crippen molar-refractivity contribution in [2.75, 3.05) is 18.1 Å². The number of hydrogen-bond acceptors (Lipinski definition) is 4. The van der Waals surface area contributed by atoms with Gasteiger partial charge in [-0.3, -0.25) is 4.79 Å². The van der Waals surface area contributed by atoms with Gasteiger partial charge in [-0.2, -0.15) is 0 Å². The van der Waals surface area contributed by atoms with Crippen LogP contribution >= 0.6 is 0 Å². The average Bonchev–Trinajstić information content (AvgIpc) is 3.44. The van der Waals surface area contributed by atoms with E-state index in [1.54, 1.807) is 0 Å². The van der Waals surface area contributed by atoms with Crippen molar-refractivity contribution in [3.8, 4) is 5.75 Å². The number of carbonyl (C=O) groups is 1. The molecule has 5 rings (SSSR count). The monoisotopic (exact) mass is 455 g/mol. The van der Waals surface area contributed by atoms with Crippen LogP contribution in [0.5, 0.6) is 5.75 Å². The lowest BCUT2D eigenvalue weighted by Gasteiger charge is -2.19. The van der Waals surface area contributed by atoms with E-state index in [0.717, 1.165) is 34.7 Å². The van der Waals surface area contributed by atoms with Crippen LogP contribution in [-0.4, -0.2) is 39.8 Å². The van der Waals surface area contributed by atoms with Gasteiger partial charge in [-0.25, -0.2) is 4.98 Å². The van der Waals surface area contributed by atoms with Gasteiger partial charge in [0.2, 0.25) is 5.91 Å². The Kier molecular flexibility index (Phi) is 6.32. The zero-order valence-electron chi connectivity index (χ0n) is 19.3. The number of imidazole rings is 1. The molecule has 4 aromatic rings. The van der Waals surface area contributed by atoms with Gasteiger partial charge in [-0.05, 0) is 48.4 Å². The van der Waals surface area contributed by atoms with Gasteiger partial charge in [0.15, 0.2) is 0 Å². The predicted octanol–water partition coefficient (Wildman–Crippen LogP) is 4.56. The van der Waals surface area contributed by atoms with E-state index in [9.17, 15) is 9.90 Å². The number of aliphatic hydroxyl groups excluding tert-OH is 1. The number of fused-ring (bicyclic) bond motifs is 1. The van der Waals surface area contributed by atoms with Crippen molar-refractivity contribution in [1.82, 2.24) is 9.55 Å². The number of nitrogens with zero attached hydrogens (tertiary/aromatic N) is 3. The Morgan fingerprint density at radius 1 is 1.03 bits per heavy atom. The summed E-state index contributed by atoms with van der Waals surface area (Å²) in [6, 6.07) is 25.6. The van der Waals surface area contributed by atoms with Gasteiger partial charge in [0.1, 0.15) is 24.3 Å². The number of aliphatic hydroxyl groups is 1. The van der Waals surface area contributed by atoms with Gasteiger partial charge in [0.05, 0.1) is 17.6 Å². The summed E-state index contributed by atoms with van der Waals surface area (Å²) in [6.45, 7) is 3.22. The topological polar surface area (TPSA) is 67.6 Å². The van der Waals surface area contributed by atoms with Gasteiger partial charge < -0.3 is 19.3 Å². The van der Waals surface area contributed by atoms with Crippen LogP contribution in [0.25, 0.3) is 11.0 Å². The summed E-state index contributed by atoms with van der Waals surface area (Å²) in [5, 5.41) is 10.8. The molecule has 1 N–H and O–H groups in total. The van der Waals surface area contributed by atoms with E-state index in [-0.39, 0.29) is 18.4 Å².